The monoisotopic (exact) mass is 245 g/mol. The van der Waals surface area contributed by atoms with Crippen LogP contribution >= 0.6 is 0 Å². The van der Waals surface area contributed by atoms with Crippen LogP contribution in [-0.2, 0) is 11.3 Å². The Bertz CT molecular complexity index is 418. The van der Waals surface area contributed by atoms with Crippen LogP contribution in [-0.4, -0.2) is 23.8 Å². The van der Waals surface area contributed by atoms with Crippen LogP contribution in [0.2, 0.25) is 0 Å². The van der Waals surface area contributed by atoms with Gasteiger partial charge >= 0.3 is 0 Å². The second kappa shape index (κ2) is 5.66. The summed E-state index contributed by atoms with van der Waals surface area (Å²) in [5.41, 5.74) is 4.02. The van der Waals surface area contributed by atoms with Crippen molar-refractivity contribution in [2.75, 3.05) is 13.1 Å². The SMILES string of the molecule is CCC1CN(Cc2cc(C)cc(C)c2)CCC1=O. The van der Waals surface area contributed by atoms with E-state index in [1.54, 1.807) is 0 Å². The quantitative estimate of drug-likeness (QED) is 0.815. The van der Waals surface area contributed by atoms with Crippen LogP contribution < -0.4 is 0 Å². The van der Waals surface area contributed by atoms with Gasteiger partial charge in [-0.3, -0.25) is 9.69 Å². The van der Waals surface area contributed by atoms with Crippen LogP contribution in [0.3, 0.4) is 0 Å². The molecule has 18 heavy (non-hydrogen) atoms. The van der Waals surface area contributed by atoms with E-state index in [0.29, 0.717) is 5.78 Å². The Morgan fingerprint density at radius 3 is 2.50 bits per heavy atom. The Kier molecular flexibility index (Phi) is 4.18. The molecule has 1 aliphatic rings. The lowest BCUT2D eigenvalue weighted by molar-refractivity contribution is -0.126. The molecule has 0 aliphatic carbocycles. The second-order valence-electron chi connectivity index (χ2n) is 5.55. The van der Waals surface area contributed by atoms with E-state index in [0.717, 1.165) is 32.5 Å². The van der Waals surface area contributed by atoms with Gasteiger partial charge in [-0.15, -0.1) is 0 Å². The molecule has 1 atom stereocenters. The first-order chi connectivity index (χ1) is 8.58. The van der Waals surface area contributed by atoms with Crippen molar-refractivity contribution in [3.8, 4) is 0 Å². The fraction of sp³-hybridized carbons (Fsp3) is 0.562. The van der Waals surface area contributed by atoms with Gasteiger partial charge in [0.05, 0.1) is 0 Å². The summed E-state index contributed by atoms with van der Waals surface area (Å²) in [7, 11) is 0. The van der Waals surface area contributed by atoms with Crippen molar-refractivity contribution in [3.05, 3.63) is 34.9 Å². The highest BCUT2D eigenvalue weighted by molar-refractivity contribution is 5.82. The predicted octanol–water partition coefficient (Wildman–Crippen LogP) is 3.10. The number of Topliss-reactive ketones (excluding diaryl/α,β-unsaturated/α-hetero) is 1. The van der Waals surface area contributed by atoms with Crippen LogP contribution in [0.15, 0.2) is 18.2 Å². The van der Waals surface area contributed by atoms with E-state index in [1.165, 1.54) is 16.7 Å². The minimum atomic E-state index is 0.254. The minimum absolute atomic E-state index is 0.254. The summed E-state index contributed by atoms with van der Waals surface area (Å²) < 4.78 is 0. The molecule has 1 unspecified atom stereocenters. The number of likely N-dealkylation sites (tertiary alicyclic amines) is 1. The fourth-order valence-corrected chi connectivity index (χ4v) is 2.90. The third kappa shape index (κ3) is 3.20. The van der Waals surface area contributed by atoms with Crippen LogP contribution in [0.4, 0.5) is 0 Å². The molecule has 2 nitrogen and oxygen atoms in total. The standard InChI is InChI=1S/C16H23NO/c1-4-15-11-17(6-5-16(15)18)10-14-8-12(2)7-13(3)9-14/h7-9,15H,4-6,10-11H2,1-3H3. The van der Waals surface area contributed by atoms with Gasteiger partial charge in [0, 0.05) is 32.0 Å². The second-order valence-corrected chi connectivity index (χ2v) is 5.55. The Balaban J connectivity index is 2.03. The largest absolute Gasteiger partial charge is 0.299 e. The minimum Gasteiger partial charge on any atom is -0.299 e. The van der Waals surface area contributed by atoms with E-state index in [4.69, 9.17) is 0 Å². The van der Waals surface area contributed by atoms with Gasteiger partial charge in [-0.1, -0.05) is 36.2 Å². The summed E-state index contributed by atoms with van der Waals surface area (Å²) in [6.45, 7) is 9.23. The normalized spacial score (nSPS) is 21.3. The Morgan fingerprint density at radius 2 is 1.89 bits per heavy atom. The zero-order valence-corrected chi connectivity index (χ0v) is 11.7. The fourth-order valence-electron chi connectivity index (χ4n) is 2.90. The van der Waals surface area contributed by atoms with Gasteiger partial charge in [-0.25, -0.2) is 0 Å². The number of hydrogen-bond acceptors (Lipinski definition) is 2. The van der Waals surface area contributed by atoms with Crippen LogP contribution in [0.25, 0.3) is 0 Å². The van der Waals surface area contributed by atoms with Gasteiger partial charge < -0.3 is 0 Å². The molecular weight excluding hydrogens is 222 g/mol. The van der Waals surface area contributed by atoms with E-state index < -0.39 is 0 Å². The van der Waals surface area contributed by atoms with Gasteiger partial charge in [-0.05, 0) is 25.8 Å². The van der Waals surface area contributed by atoms with Crippen molar-refractivity contribution in [1.82, 2.24) is 4.90 Å². The zero-order valence-electron chi connectivity index (χ0n) is 11.7. The third-order valence-electron chi connectivity index (χ3n) is 3.79. The molecule has 2 rings (SSSR count). The molecule has 1 fully saturated rings. The molecule has 0 saturated carbocycles. The first-order valence-electron chi connectivity index (χ1n) is 6.90. The van der Waals surface area contributed by atoms with Gasteiger partial charge in [0.2, 0.25) is 0 Å². The molecule has 1 aliphatic heterocycles. The lowest BCUT2D eigenvalue weighted by Gasteiger charge is -2.31. The molecule has 0 radical (unpaired) electrons. The number of ketones is 1. The number of nitrogens with zero attached hydrogens (tertiary/aromatic N) is 1. The maximum atomic E-state index is 11.7. The van der Waals surface area contributed by atoms with E-state index >= 15 is 0 Å². The molecule has 0 aromatic heterocycles. The number of carbonyl (C=O) groups excluding carboxylic acids is 1. The van der Waals surface area contributed by atoms with Crippen molar-refractivity contribution in [2.24, 2.45) is 5.92 Å². The van der Waals surface area contributed by atoms with Crippen molar-refractivity contribution >= 4 is 5.78 Å². The van der Waals surface area contributed by atoms with Gasteiger partial charge in [0.25, 0.3) is 0 Å². The number of carbonyl (C=O) groups is 1. The number of hydrogen-bond donors (Lipinski definition) is 0. The first kappa shape index (κ1) is 13.3. The number of piperidine rings is 1. The third-order valence-corrected chi connectivity index (χ3v) is 3.79. The summed E-state index contributed by atoms with van der Waals surface area (Å²) in [6, 6.07) is 6.72. The highest BCUT2D eigenvalue weighted by Crippen LogP contribution is 2.19. The molecule has 2 heteroatoms. The first-order valence-corrected chi connectivity index (χ1v) is 6.90. The summed E-state index contributed by atoms with van der Waals surface area (Å²) in [4.78, 5) is 14.1. The topological polar surface area (TPSA) is 20.3 Å². The predicted molar refractivity (Wildman–Crippen MR) is 74.6 cm³/mol. The molecule has 0 spiro atoms. The summed E-state index contributed by atoms with van der Waals surface area (Å²) in [6.07, 6.45) is 1.70. The maximum Gasteiger partial charge on any atom is 0.138 e. The van der Waals surface area contributed by atoms with E-state index in [-0.39, 0.29) is 5.92 Å². The van der Waals surface area contributed by atoms with Gasteiger partial charge in [0.1, 0.15) is 5.78 Å². The Morgan fingerprint density at radius 1 is 1.22 bits per heavy atom. The number of rotatable bonds is 3. The molecule has 98 valence electrons. The van der Waals surface area contributed by atoms with Crippen molar-refractivity contribution in [1.29, 1.82) is 0 Å². The summed E-state index contributed by atoms with van der Waals surface area (Å²) in [5.74, 6) is 0.707. The van der Waals surface area contributed by atoms with E-state index in [9.17, 15) is 4.79 Å². The molecule has 1 saturated heterocycles. The lowest BCUT2D eigenvalue weighted by Crippen LogP contribution is -2.40. The van der Waals surface area contributed by atoms with Crippen molar-refractivity contribution in [2.45, 2.75) is 40.2 Å². The van der Waals surface area contributed by atoms with E-state index in [1.807, 2.05) is 0 Å². The highest BCUT2D eigenvalue weighted by atomic mass is 16.1. The molecular formula is C16H23NO. The van der Waals surface area contributed by atoms with Gasteiger partial charge in [0.15, 0.2) is 0 Å². The molecule has 0 N–H and O–H groups in total. The lowest BCUT2D eigenvalue weighted by atomic mass is 9.93. The van der Waals surface area contributed by atoms with Crippen molar-refractivity contribution < 1.29 is 4.79 Å². The average Bonchev–Trinajstić information content (AvgIpc) is 2.30. The number of aryl methyl sites for hydroxylation is 2. The van der Waals surface area contributed by atoms with E-state index in [2.05, 4.69) is 43.9 Å². The van der Waals surface area contributed by atoms with Crippen LogP contribution in [0.5, 0.6) is 0 Å². The average molecular weight is 245 g/mol. The highest BCUT2D eigenvalue weighted by Gasteiger charge is 2.25. The molecule has 0 amide bonds. The molecule has 0 bridgehead atoms. The molecule has 1 aromatic carbocycles. The molecule has 1 heterocycles. The molecule has 1 aromatic rings. The van der Waals surface area contributed by atoms with Gasteiger partial charge in [-0.2, -0.15) is 0 Å². The summed E-state index contributed by atoms with van der Waals surface area (Å²) in [5, 5.41) is 0. The van der Waals surface area contributed by atoms with Crippen LogP contribution in [0, 0.1) is 19.8 Å². The Hall–Kier alpha value is -1.15. The van der Waals surface area contributed by atoms with Crippen LogP contribution in [0.1, 0.15) is 36.5 Å². The smallest absolute Gasteiger partial charge is 0.138 e. The van der Waals surface area contributed by atoms with Crippen molar-refractivity contribution in [3.63, 3.8) is 0 Å². The number of benzene rings is 1. The Labute approximate surface area is 110 Å². The summed E-state index contributed by atoms with van der Waals surface area (Å²) >= 11 is 0. The maximum absolute atomic E-state index is 11.7. The zero-order chi connectivity index (χ0) is 13.1.